The standard InChI is InChI=1S/C21H23FN4O3/c1-13-8-15(10-16(22)9-13)18-6-7-25-26(18)21(28)14(2)4-5-19(27)17-11-20(29-3)24-12-23-17/h7-12,18-19,27H,2,4-6H2,1,3H3. The number of carbonyl (C=O) groups excluding carboxylic acids is 1. The van der Waals surface area contributed by atoms with Gasteiger partial charge in [0.15, 0.2) is 0 Å². The second kappa shape index (κ2) is 8.91. The number of ether oxygens (including phenoxy) is 1. The predicted octanol–water partition coefficient (Wildman–Crippen LogP) is 3.26. The fourth-order valence-electron chi connectivity index (χ4n) is 3.22. The molecule has 152 valence electrons. The van der Waals surface area contributed by atoms with Crippen LogP contribution in [0.1, 0.15) is 48.2 Å². The number of carbonyl (C=O) groups is 1. The second-order valence-electron chi connectivity index (χ2n) is 6.90. The number of nitrogens with zero attached hydrogens (tertiary/aromatic N) is 4. The number of hydrogen-bond donors (Lipinski definition) is 1. The van der Waals surface area contributed by atoms with Crippen molar-refractivity contribution in [1.29, 1.82) is 0 Å². The summed E-state index contributed by atoms with van der Waals surface area (Å²) in [6, 6.07) is 5.87. The summed E-state index contributed by atoms with van der Waals surface area (Å²) >= 11 is 0. The van der Waals surface area contributed by atoms with Crippen LogP contribution in [-0.4, -0.2) is 39.3 Å². The molecular weight excluding hydrogens is 375 g/mol. The highest BCUT2D eigenvalue weighted by Gasteiger charge is 2.30. The lowest BCUT2D eigenvalue weighted by atomic mass is 10.0. The molecule has 1 aliphatic rings. The third kappa shape index (κ3) is 4.83. The minimum absolute atomic E-state index is 0.256. The van der Waals surface area contributed by atoms with Crippen molar-refractivity contribution in [2.75, 3.05) is 7.11 Å². The van der Waals surface area contributed by atoms with Gasteiger partial charge in [-0.15, -0.1) is 0 Å². The molecule has 8 heteroatoms. The lowest BCUT2D eigenvalue weighted by Gasteiger charge is -2.23. The van der Waals surface area contributed by atoms with E-state index in [2.05, 4.69) is 21.6 Å². The van der Waals surface area contributed by atoms with Crippen LogP contribution in [0.3, 0.4) is 0 Å². The van der Waals surface area contributed by atoms with E-state index in [0.717, 1.165) is 5.56 Å². The number of methoxy groups -OCH3 is 1. The van der Waals surface area contributed by atoms with E-state index in [1.54, 1.807) is 19.2 Å². The Hall–Kier alpha value is -3.13. The molecule has 1 aromatic heterocycles. The summed E-state index contributed by atoms with van der Waals surface area (Å²) in [4.78, 5) is 20.8. The first-order valence-electron chi connectivity index (χ1n) is 9.24. The molecule has 0 saturated heterocycles. The van der Waals surface area contributed by atoms with Crippen LogP contribution >= 0.6 is 0 Å². The average Bonchev–Trinajstić information content (AvgIpc) is 3.20. The molecule has 2 atom stereocenters. The van der Waals surface area contributed by atoms with Crippen molar-refractivity contribution < 1.29 is 19.0 Å². The molecule has 1 N–H and O–H groups in total. The van der Waals surface area contributed by atoms with Crippen LogP contribution < -0.4 is 4.74 Å². The molecule has 2 heterocycles. The maximum absolute atomic E-state index is 13.8. The first kappa shape index (κ1) is 20.6. The number of aliphatic hydroxyl groups excluding tert-OH is 1. The molecule has 29 heavy (non-hydrogen) atoms. The second-order valence-corrected chi connectivity index (χ2v) is 6.90. The monoisotopic (exact) mass is 398 g/mol. The highest BCUT2D eigenvalue weighted by molar-refractivity contribution is 5.94. The molecule has 2 aromatic rings. The van der Waals surface area contributed by atoms with E-state index in [0.29, 0.717) is 29.1 Å². The molecular formula is C21H23FN4O3. The minimum Gasteiger partial charge on any atom is -0.481 e. The van der Waals surface area contributed by atoms with Gasteiger partial charge in [-0.3, -0.25) is 4.79 Å². The lowest BCUT2D eigenvalue weighted by Crippen LogP contribution is -2.28. The number of benzene rings is 1. The van der Waals surface area contributed by atoms with Gasteiger partial charge in [0, 0.05) is 24.3 Å². The van der Waals surface area contributed by atoms with Crippen molar-refractivity contribution in [2.45, 2.75) is 38.3 Å². The van der Waals surface area contributed by atoms with Crippen LogP contribution in [0.25, 0.3) is 0 Å². The Balaban J connectivity index is 1.64. The van der Waals surface area contributed by atoms with Crippen LogP contribution in [0.2, 0.25) is 0 Å². The van der Waals surface area contributed by atoms with Crippen LogP contribution in [0, 0.1) is 12.7 Å². The third-order valence-corrected chi connectivity index (χ3v) is 4.72. The molecule has 0 bridgehead atoms. The average molecular weight is 398 g/mol. The predicted molar refractivity (Wildman–Crippen MR) is 106 cm³/mol. The van der Waals surface area contributed by atoms with Crippen LogP contribution in [-0.2, 0) is 4.79 Å². The Bertz CT molecular complexity index is 927. The lowest BCUT2D eigenvalue weighted by molar-refractivity contribution is -0.129. The molecule has 1 aromatic carbocycles. The number of hydrazone groups is 1. The summed E-state index contributed by atoms with van der Waals surface area (Å²) in [6.45, 7) is 5.66. The Morgan fingerprint density at radius 3 is 2.90 bits per heavy atom. The summed E-state index contributed by atoms with van der Waals surface area (Å²) in [5.74, 6) is -0.344. The van der Waals surface area contributed by atoms with Gasteiger partial charge in [0.05, 0.1) is 24.9 Å². The highest BCUT2D eigenvalue weighted by Crippen LogP contribution is 2.31. The summed E-state index contributed by atoms with van der Waals surface area (Å²) in [7, 11) is 1.48. The van der Waals surface area contributed by atoms with Gasteiger partial charge in [0.25, 0.3) is 5.91 Å². The van der Waals surface area contributed by atoms with Crippen molar-refractivity contribution in [3.63, 3.8) is 0 Å². The molecule has 1 amide bonds. The van der Waals surface area contributed by atoms with Gasteiger partial charge in [0.2, 0.25) is 5.88 Å². The molecule has 0 saturated carbocycles. The van der Waals surface area contributed by atoms with E-state index in [4.69, 9.17) is 4.74 Å². The minimum atomic E-state index is -0.889. The first-order chi connectivity index (χ1) is 13.9. The zero-order chi connectivity index (χ0) is 21.0. The summed E-state index contributed by atoms with van der Waals surface area (Å²) in [5.41, 5.74) is 2.18. The number of hydrogen-bond acceptors (Lipinski definition) is 6. The van der Waals surface area contributed by atoms with E-state index in [9.17, 15) is 14.3 Å². The quantitative estimate of drug-likeness (QED) is 0.724. The summed E-state index contributed by atoms with van der Waals surface area (Å²) in [5, 5.41) is 15.8. The molecule has 0 fully saturated rings. The van der Waals surface area contributed by atoms with E-state index >= 15 is 0 Å². The Kier molecular flexibility index (Phi) is 6.33. The van der Waals surface area contributed by atoms with Crippen molar-refractivity contribution >= 4 is 12.1 Å². The zero-order valence-corrected chi connectivity index (χ0v) is 16.4. The molecule has 0 radical (unpaired) electrons. The van der Waals surface area contributed by atoms with Crippen LogP contribution in [0.4, 0.5) is 4.39 Å². The zero-order valence-electron chi connectivity index (χ0n) is 16.4. The van der Waals surface area contributed by atoms with Gasteiger partial charge in [-0.05, 0) is 43.0 Å². The maximum atomic E-state index is 13.8. The van der Waals surface area contributed by atoms with Crippen LogP contribution in [0.5, 0.6) is 5.88 Å². The fourth-order valence-corrected chi connectivity index (χ4v) is 3.22. The SMILES string of the molecule is C=C(CCC(O)c1cc(OC)ncn1)C(=O)N1N=CCC1c1cc(C)cc(F)c1. The van der Waals surface area contributed by atoms with Crippen molar-refractivity contribution in [1.82, 2.24) is 15.0 Å². The Labute approximate surface area is 168 Å². The van der Waals surface area contributed by atoms with Gasteiger partial charge in [0.1, 0.15) is 12.1 Å². The van der Waals surface area contributed by atoms with Crippen molar-refractivity contribution in [3.8, 4) is 5.88 Å². The normalized spacial score (nSPS) is 16.7. The van der Waals surface area contributed by atoms with Gasteiger partial charge in [-0.1, -0.05) is 12.6 Å². The molecule has 1 aliphatic heterocycles. The van der Waals surface area contributed by atoms with Gasteiger partial charge < -0.3 is 9.84 Å². The molecule has 3 rings (SSSR count). The molecule has 2 unspecified atom stereocenters. The topological polar surface area (TPSA) is 87.9 Å². The largest absolute Gasteiger partial charge is 0.481 e. The van der Waals surface area contributed by atoms with Gasteiger partial charge >= 0.3 is 0 Å². The smallest absolute Gasteiger partial charge is 0.269 e. The number of amides is 1. The molecule has 0 spiro atoms. The first-order valence-corrected chi connectivity index (χ1v) is 9.24. The van der Waals surface area contributed by atoms with Gasteiger partial charge in [-0.2, -0.15) is 5.10 Å². The number of aryl methyl sites for hydroxylation is 1. The van der Waals surface area contributed by atoms with Crippen molar-refractivity contribution in [3.05, 3.63) is 65.4 Å². The Morgan fingerprint density at radius 1 is 1.38 bits per heavy atom. The van der Waals surface area contributed by atoms with Gasteiger partial charge in [-0.25, -0.2) is 19.4 Å². The van der Waals surface area contributed by atoms with E-state index in [1.807, 2.05) is 6.07 Å². The van der Waals surface area contributed by atoms with Crippen molar-refractivity contribution in [2.24, 2.45) is 5.10 Å². The van der Waals surface area contributed by atoms with E-state index < -0.39 is 6.10 Å². The highest BCUT2D eigenvalue weighted by atomic mass is 19.1. The fraction of sp³-hybridized carbons (Fsp3) is 0.333. The number of halogens is 1. The Morgan fingerprint density at radius 2 is 2.17 bits per heavy atom. The van der Waals surface area contributed by atoms with Crippen LogP contribution in [0.15, 0.2) is 47.8 Å². The van der Waals surface area contributed by atoms with E-state index in [1.165, 1.54) is 30.6 Å². The third-order valence-electron chi connectivity index (χ3n) is 4.72. The summed E-state index contributed by atoms with van der Waals surface area (Å²) in [6.07, 6.45) is 3.07. The van der Waals surface area contributed by atoms with E-state index in [-0.39, 0.29) is 30.6 Å². The maximum Gasteiger partial charge on any atom is 0.269 e. The molecule has 0 aliphatic carbocycles. The number of rotatable bonds is 7. The number of aromatic nitrogens is 2. The summed E-state index contributed by atoms with van der Waals surface area (Å²) < 4.78 is 18.8. The number of aliphatic hydroxyl groups is 1. The molecule has 7 nitrogen and oxygen atoms in total.